The van der Waals surface area contributed by atoms with Gasteiger partial charge in [-0.15, -0.1) is 0 Å². The van der Waals surface area contributed by atoms with Crippen molar-refractivity contribution in [2.24, 2.45) is 0 Å². The molecule has 2 aromatic carbocycles. The van der Waals surface area contributed by atoms with E-state index in [1.807, 2.05) is 56.9 Å². The molecule has 0 bridgehead atoms. The van der Waals surface area contributed by atoms with E-state index in [0.717, 1.165) is 22.3 Å². The summed E-state index contributed by atoms with van der Waals surface area (Å²) in [5.74, 6) is 2.44. The van der Waals surface area contributed by atoms with Gasteiger partial charge in [0.15, 0.2) is 23.0 Å². The van der Waals surface area contributed by atoms with Crippen LogP contribution in [0.1, 0.15) is 35.1 Å². The second-order valence-corrected chi connectivity index (χ2v) is 15.5. The Morgan fingerprint density at radius 2 is 1.12 bits per heavy atom. The second kappa shape index (κ2) is 13.7. The molecule has 0 spiro atoms. The van der Waals surface area contributed by atoms with E-state index in [1.54, 1.807) is 9.13 Å². The minimum atomic E-state index is -4.92. The molecular formula is C34H36F3N9O5S. The summed E-state index contributed by atoms with van der Waals surface area (Å²) in [6.45, 7) is 8.79. The summed E-state index contributed by atoms with van der Waals surface area (Å²) in [6, 6.07) is 7.43. The number of aromatic amines is 2. The molecule has 0 radical (unpaired) electrons. The van der Waals surface area contributed by atoms with Crippen LogP contribution in [0.5, 0.6) is 0 Å². The molecule has 0 saturated carbocycles. The van der Waals surface area contributed by atoms with E-state index in [9.17, 15) is 36.6 Å². The molecule has 4 aliphatic rings. The Morgan fingerprint density at radius 1 is 0.692 bits per heavy atom. The molecule has 0 aliphatic carbocycles. The third-order valence-electron chi connectivity index (χ3n) is 9.35. The Labute approximate surface area is 294 Å². The Morgan fingerprint density at radius 3 is 1.54 bits per heavy atom. The van der Waals surface area contributed by atoms with E-state index in [4.69, 9.17) is 0 Å². The van der Waals surface area contributed by atoms with Gasteiger partial charge in [0, 0.05) is 31.9 Å². The van der Waals surface area contributed by atoms with Crippen LogP contribution < -0.4 is 22.5 Å². The molecule has 2 N–H and O–H groups in total. The minimum absolute atomic E-state index is 0.0231. The van der Waals surface area contributed by atoms with Crippen LogP contribution in [-0.2, 0) is 22.6 Å². The van der Waals surface area contributed by atoms with Crippen molar-refractivity contribution < 1.29 is 17.4 Å². The number of rotatable bonds is 11. The number of fused-ring (bicyclic) bond motifs is 4. The molecule has 0 fully saturated rings. The van der Waals surface area contributed by atoms with Gasteiger partial charge in [-0.3, -0.25) is 28.7 Å². The van der Waals surface area contributed by atoms with Gasteiger partial charge in [-0.25, -0.2) is 19.6 Å². The van der Waals surface area contributed by atoms with Crippen molar-refractivity contribution in [3.63, 3.8) is 0 Å². The van der Waals surface area contributed by atoms with Crippen LogP contribution in [0.25, 0.3) is 45.1 Å². The number of benzene rings is 2. The van der Waals surface area contributed by atoms with Gasteiger partial charge in [-0.05, 0) is 99.5 Å². The fourth-order valence-corrected chi connectivity index (χ4v) is 7.06. The number of unbranched alkanes of at least 4 members (excludes halogenated alkanes) is 1. The van der Waals surface area contributed by atoms with Gasteiger partial charge < -0.3 is 9.13 Å². The van der Waals surface area contributed by atoms with E-state index >= 15 is 0 Å². The smallest absolute Gasteiger partial charge is 0.321 e. The predicted molar refractivity (Wildman–Crippen MR) is 193 cm³/mol. The lowest BCUT2D eigenvalue weighted by Crippen LogP contribution is -2.35. The maximum absolute atomic E-state index is 13.3. The number of hydrogen-bond acceptors (Lipinski definition) is 10. The molecule has 52 heavy (non-hydrogen) atoms. The van der Waals surface area contributed by atoms with Crippen LogP contribution >= 0.6 is 0 Å². The van der Waals surface area contributed by atoms with Crippen LogP contribution in [0.2, 0.25) is 0 Å². The van der Waals surface area contributed by atoms with Gasteiger partial charge in [0.25, 0.3) is 11.1 Å². The molecule has 1 unspecified atom stereocenters. The van der Waals surface area contributed by atoms with Crippen molar-refractivity contribution in [3.8, 4) is 23.0 Å². The zero-order valence-corrected chi connectivity index (χ0v) is 29.7. The largest absolute Gasteiger partial charge is 0.463 e. The predicted octanol–water partition coefficient (Wildman–Crippen LogP) is 2.73. The number of halogens is 3. The number of aromatic nitrogens is 8. The third kappa shape index (κ3) is 7.12. The summed E-state index contributed by atoms with van der Waals surface area (Å²) in [5.41, 5.74) is -2.05. The standard InChI is InChI=1S/C34H36F3N9O5S/c1-18-14-22-24(16-20(18)3)45(28-26(38-22)30(47)42-32(49)40-28)11-9-44(8-6-7-13-52(5,51)34(35,36)37)10-12-46-25-17-21(4)19(2)15-23(25)39-27-29(46)41-33(50)43-31(27)48/h14-17H,5-13H2,1-4H3,(H,42,47,49)(H,43,48,50). The summed E-state index contributed by atoms with van der Waals surface area (Å²) >= 11 is 0. The van der Waals surface area contributed by atoms with Crippen molar-refractivity contribution in [2.75, 3.05) is 25.4 Å². The third-order valence-corrected chi connectivity index (χ3v) is 11.1. The molecule has 0 amide bonds. The molecule has 0 saturated heterocycles. The highest BCUT2D eigenvalue weighted by Gasteiger charge is 2.38. The monoisotopic (exact) mass is 739 g/mol. The Kier molecular flexibility index (Phi) is 9.65. The first-order chi connectivity index (χ1) is 24.4. The fraction of sp³-hybridized carbons (Fsp3) is 0.382. The highest BCUT2D eigenvalue weighted by molar-refractivity contribution is 8.01. The van der Waals surface area contributed by atoms with E-state index in [-0.39, 0.29) is 68.6 Å². The van der Waals surface area contributed by atoms with Crippen LogP contribution in [-0.4, -0.2) is 84.9 Å². The van der Waals surface area contributed by atoms with Crippen LogP contribution in [0.4, 0.5) is 13.2 Å². The summed E-state index contributed by atoms with van der Waals surface area (Å²) < 4.78 is 55.5. The van der Waals surface area contributed by atoms with Crippen molar-refractivity contribution in [2.45, 2.75) is 59.1 Å². The molecule has 18 heteroatoms. The Balaban J connectivity index is 1.39. The SMILES string of the molecule is C=S(=O)(CCCCN(CCn1c2nc(=O)[nH]c(=O)c-2nc2cc(C)c(C)cc21)CCn1c2nc(=O)[nH]c(=O)c-2nc2cc(C)c(C)cc21)C(F)(F)F. The number of nitrogens with zero attached hydrogens (tertiary/aromatic N) is 7. The maximum Gasteiger partial charge on any atom is 0.463 e. The van der Waals surface area contributed by atoms with E-state index < -0.39 is 43.3 Å². The van der Waals surface area contributed by atoms with Gasteiger partial charge in [0.1, 0.15) is 0 Å². The average molecular weight is 740 g/mol. The normalized spacial score (nSPS) is 13.5. The molecule has 6 rings (SSSR count). The molecule has 14 nitrogen and oxygen atoms in total. The number of nitrogens with one attached hydrogen (secondary N) is 2. The van der Waals surface area contributed by atoms with Crippen LogP contribution in [0.3, 0.4) is 0 Å². The molecule has 2 aromatic rings. The maximum atomic E-state index is 13.3. The average Bonchev–Trinajstić information content (AvgIpc) is 3.04. The molecular weight excluding hydrogens is 703 g/mol. The van der Waals surface area contributed by atoms with Gasteiger partial charge in [0.2, 0.25) is 0 Å². The lowest BCUT2D eigenvalue weighted by Gasteiger charge is -2.26. The fourth-order valence-electron chi connectivity index (χ4n) is 6.16. The first-order valence-electron chi connectivity index (χ1n) is 16.4. The lowest BCUT2D eigenvalue weighted by atomic mass is 10.1. The summed E-state index contributed by atoms with van der Waals surface area (Å²) in [7, 11) is -4.32. The van der Waals surface area contributed by atoms with Crippen molar-refractivity contribution in [3.05, 3.63) is 88.2 Å². The topological polar surface area (TPSA) is 182 Å². The first kappa shape index (κ1) is 36.6. The number of hydrogen-bond donors (Lipinski definition) is 2. The van der Waals surface area contributed by atoms with Crippen molar-refractivity contribution in [1.82, 2.24) is 43.9 Å². The highest BCUT2D eigenvalue weighted by atomic mass is 32.2. The highest BCUT2D eigenvalue weighted by Crippen LogP contribution is 2.27. The first-order valence-corrected chi connectivity index (χ1v) is 18.3. The van der Waals surface area contributed by atoms with E-state index in [0.29, 0.717) is 22.1 Å². The van der Waals surface area contributed by atoms with Gasteiger partial charge in [-0.1, -0.05) is 0 Å². The Bertz CT molecular complexity index is 2490. The van der Waals surface area contributed by atoms with Crippen LogP contribution in [0, 0.1) is 27.7 Å². The molecule has 274 valence electrons. The minimum Gasteiger partial charge on any atom is -0.321 e. The zero-order chi connectivity index (χ0) is 37.7. The van der Waals surface area contributed by atoms with E-state index in [1.165, 1.54) is 0 Å². The Hall–Kier alpha value is -5.23. The van der Waals surface area contributed by atoms with E-state index in [2.05, 4.69) is 35.8 Å². The number of aryl methyl sites for hydroxylation is 4. The lowest BCUT2D eigenvalue weighted by molar-refractivity contribution is -0.0392. The van der Waals surface area contributed by atoms with Gasteiger partial charge in [0.05, 0.1) is 31.6 Å². The van der Waals surface area contributed by atoms with Crippen molar-refractivity contribution in [1.29, 1.82) is 0 Å². The summed E-state index contributed by atoms with van der Waals surface area (Å²) in [6.07, 6.45) is 0.209. The number of alkyl halides is 3. The summed E-state index contributed by atoms with van der Waals surface area (Å²) in [5, 5.41) is 0. The quantitative estimate of drug-likeness (QED) is 0.114. The number of H-pyrrole nitrogens is 2. The molecule has 4 heterocycles. The zero-order valence-electron chi connectivity index (χ0n) is 28.9. The molecule has 4 aliphatic heterocycles. The van der Waals surface area contributed by atoms with Crippen molar-refractivity contribution >= 4 is 37.5 Å². The van der Waals surface area contributed by atoms with Crippen LogP contribution in [0.15, 0.2) is 43.4 Å². The van der Waals surface area contributed by atoms with Gasteiger partial charge >= 0.3 is 16.9 Å². The molecule has 1 atom stereocenters. The summed E-state index contributed by atoms with van der Waals surface area (Å²) in [4.78, 5) is 73.8. The van der Waals surface area contributed by atoms with Gasteiger partial charge in [-0.2, -0.15) is 23.1 Å². The molecule has 0 aromatic heterocycles. The second-order valence-electron chi connectivity index (χ2n) is 13.0.